The maximum atomic E-state index is 13.6. The van der Waals surface area contributed by atoms with E-state index in [4.69, 9.17) is 9.47 Å². The molecule has 8 nitrogen and oxygen atoms in total. The summed E-state index contributed by atoms with van der Waals surface area (Å²) >= 11 is 0. The minimum atomic E-state index is -0.349. The molecule has 0 spiro atoms. The predicted molar refractivity (Wildman–Crippen MR) is 151 cm³/mol. The molecule has 0 aliphatic carbocycles. The quantitative estimate of drug-likeness (QED) is 0.225. The number of benzene rings is 2. The number of carbonyl (C=O) groups is 1. The molecular formula is C31H30FN5O3. The molecule has 3 heterocycles. The van der Waals surface area contributed by atoms with E-state index in [-0.39, 0.29) is 18.0 Å². The van der Waals surface area contributed by atoms with E-state index in [2.05, 4.69) is 39.0 Å². The number of amides is 1. The fourth-order valence-electron chi connectivity index (χ4n) is 4.31. The molecule has 0 radical (unpaired) electrons. The van der Waals surface area contributed by atoms with Gasteiger partial charge in [0, 0.05) is 55.5 Å². The van der Waals surface area contributed by atoms with Gasteiger partial charge < -0.3 is 19.7 Å². The fourth-order valence-corrected chi connectivity index (χ4v) is 4.31. The van der Waals surface area contributed by atoms with Gasteiger partial charge in [-0.3, -0.25) is 0 Å². The van der Waals surface area contributed by atoms with Crippen LogP contribution in [0.1, 0.15) is 43.9 Å². The van der Waals surface area contributed by atoms with Crippen molar-refractivity contribution in [2.45, 2.75) is 38.7 Å². The van der Waals surface area contributed by atoms with Crippen molar-refractivity contribution >= 4 is 28.6 Å². The van der Waals surface area contributed by atoms with Crippen LogP contribution in [0.5, 0.6) is 5.75 Å². The van der Waals surface area contributed by atoms with Gasteiger partial charge in [0.05, 0.1) is 17.7 Å². The molecular weight excluding hydrogens is 509 g/mol. The number of fused-ring (bicyclic) bond motifs is 1. The minimum Gasteiger partial charge on any atom is -0.489 e. The molecule has 0 saturated carbocycles. The van der Waals surface area contributed by atoms with Crippen LogP contribution >= 0.6 is 0 Å². The maximum absolute atomic E-state index is 13.6. The van der Waals surface area contributed by atoms with Crippen LogP contribution in [0.15, 0.2) is 67.0 Å². The normalized spacial score (nSPS) is 13.4. The molecule has 2 aromatic heterocycles. The maximum Gasteiger partial charge on any atom is 0.409 e. The van der Waals surface area contributed by atoms with Gasteiger partial charge in [0.15, 0.2) is 0 Å². The first-order valence-electron chi connectivity index (χ1n) is 13.4. The molecule has 0 bridgehead atoms. The second-order valence-corrected chi connectivity index (χ2v) is 9.47. The van der Waals surface area contributed by atoms with Gasteiger partial charge in [0.1, 0.15) is 23.4 Å². The van der Waals surface area contributed by atoms with E-state index in [1.165, 1.54) is 12.1 Å². The zero-order valence-corrected chi connectivity index (χ0v) is 22.3. The SMILES string of the molecule is CCCCOC(=O)N1CCC(Oc2cc3nc(Nc4cccc(F)c4)ncc3cc2C#Cc2ccccn2)CC1. The lowest BCUT2D eigenvalue weighted by atomic mass is 10.1. The Hall–Kier alpha value is -4.71. The average Bonchev–Trinajstić information content (AvgIpc) is 2.97. The second-order valence-electron chi connectivity index (χ2n) is 9.47. The highest BCUT2D eigenvalue weighted by molar-refractivity contribution is 5.83. The van der Waals surface area contributed by atoms with Crippen molar-refractivity contribution in [3.8, 4) is 17.6 Å². The summed E-state index contributed by atoms with van der Waals surface area (Å²) in [6.45, 7) is 3.62. The van der Waals surface area contributed by atoms with Crippen molar-refractivity contribution < 1.29 is 18.7 Å². The fraction of sp³-hybridized carbons (Fsp3) is 0.290. The van der Waals surface area contributed by atoms with Crippen LogP contribution in [0.25, 0.3) is 10.9 Å². The molecule has 204 valence electrons. The number of carbonyl (C=O) groups excluding carboxylic acids is 1. The molecule has 1 saturated heterocycles. The third kappa shape index (κ3) is 7.03. The summed E-state index contributed by atoms with van der Waals surface area (Å²) in [4.78, 5) is 27.4. The Labute approximate surface area is 232 Å². The van der Waals surface area contributed by atoms with Crippen LogP contribution < -0.4 is 10.1 Å². The first-order chi connectivity index (χ1) is 19.6. The highest BCUT2D eigenvalue weighted by atomic mass is 19.1. The van der Waals surface area contributed by atoms with Crippen molar-refractivity contribution in [3.05, 3.63) is 84.1 Å². The van der Waals surface area contributed by atoms with Gasteiger partial charge in [-0.1, -0.05) is 31.4 Å². The van der Waals surface area contributed by atoms with E-state index >= 15 is 0 Å². The summed E-state index contributed by atoms with van der Waals surface area (Å²) in [5.74, 6) is 6.88. The zero-order chi connectivity index (χ0) is 27.7. The molecule has 5 rings (SSSR count). The lowest BCUT2D eigenvalue weighted by molar-refractivity contribution is 0.0670. The van der Waals surface area contributed by atoms with E-state index in [1.807, 2.05) is 30.3 Å². The smallest absolute Gasteiger partial charge is 0.409 e. The molecule has 9 heteroatoms. The summed E-state index contributed by atoms with van der Waals surface area (Å²) in [5.41, 5.74) is 2.54. The van der Waals surface area contributed by atoms with Crippen LogP contribution in [0.2, 0.25) is 0 Å². The molecule has 2 aromatic carbocycles. The van der Waals surface area contributed by atoms with Crippen molar-refractivity contribution in [3.63, 3.8) is 0 Å². The second kappa shape index (κ2) is 12.9. The van der Waals surface area contributed by atoms with E-state index < -0.39 is 0 Å². The van der Waals surface area contributed by atoms with Crippen molar-refractivity contribution in [1.82, 2.24) is 19.9 Å². The standard InChI is InChI=1S/C31H30FN5O3/c1-2-3-17-39-31(38)37-15-12-27(13-16-37)40-29-20-28-23(18-22(29)10-11-25-8-4-5-14-33-25)21-34-30(36-28)35-26-9-6-7-24(32)19-26/h4-9,14,18-21,27H,2-3,12-13,15-17H2,1H3,(H,34,35,36). The van der Waals surface area contributed by atoms with Gasteiger partial charge in [0.2, 0.25) is 5.95 Å². The van der Waals surface area contributed by atoms with Gasteiger partial charge in [-0.15, -0.1) is 0 Å². The van der Waals surface area contributed by atoms with Crippen molar-refractivity contribution in [2.75, 3.05) is 25.0 Å². The molecule has 4 aromatic rings. The first kappa shape index (κ1) is 26.9. The molecule has 0 atom stereocenters. The number of halogens is 1. The number of likely N-dealkylation sites (tertiary alicyclic amines) is 1. The summed E-state index contributed by atoms with van der Waals surface area (Å²) in [6.07, 6.45) is 6.21. The monoisotopic (exact) mass is 539 g/mol. The third-order valence-corrected chi connectivity index (χ3v) is 6.47. The number of unbranched alkanes of at least 4 members (excludes halogenated alkanes) is 1. The molecule has 40 heavy (non-hydrogen) atoms. The minimum absolute atomic E-state index is 0.0979. The zero-order valence-electron chi connectivity index (χ0n) is 22.3. The number of hydrogen-bond acceptors (Lipinski definition) is 7. The molecule has 1 N–H and O–H groups in total. The third-order valence-electron chi connectivity index (χ3n) is 6.47. The van der Waals surface area contributed by atoms with Gasteiger partial charge in [-0.2, -0.15) is 0 Å². The highest BCUT2D eigenvalue weighted by Gasteiger charge is 2.25. The molecule has 1 aliphatic heterocycles. The predicted octanol–water partition coefficient (Wildman–Crippen LogP) is 6.09. The number of nitrogens with one attached hydrogen (secondary N) is 1. The molecule has 1 amide bonds. The number of piperidine rings is 1. The molecule has 1 fully saturated rings. The van der Waals surface area contributed by atoms with E-state index in [0.717, 1.165) is 18.2 Å². The molecule has 0 unspecified atom stereocenters. The Morgan fingerprint density at radius 2 is 1.98 bits per heavy atom. The van der Waals surface area contributed by atoms with Crippen LogP contribution in [0, 0.1) is 17.7 Å². The van der Waals surface area contributed by atoms with Crippen molar-refractivity contribution in [1.29, 1.82) is 0 Å². The number of rotatable bonds is 7. The van der Waals surface area contributed by atoms with E-state index in [0.29, 0.717) is 66.7 Å². The van der Waals surface area contributed by atoms with Crippen LogP contribution in [0.3, 0.4) is 0 Å². The Morgan fingerprint density at radius 3 is 2.75 bits per heavy atom. The Balaban J connectivity index is 1.37. The number of ether oxygens (including phenoxy) is 2. The molecule has 1 aliphatic rings. The summed E-state index contributed by atoms with van der Waals surface area (Å²) < 4.78 is 25.4. The Morgan fingerprint density at radius 1 is 1.10 bits per heavy atom. The number of hydrogen-bond donors (Lipinski definition) is 1. The lowest BCUT2D eigenvalue weighted by Gasteiger charge is -2.31. The summed E-state index contributed by atoms with van der Waals surface area (Å²) in [7, 11) is 0. The highest BCUT2D eigenvalue weighted by Crippen LogP contribution is 2.28. The van der Waals surface area contributed by atoms with Gasteiger partial charge in [-0.25, -0.2) is 24.1 Å². The number of anilines is 2. The largest absolute Gasteiger partial charge is 0.489 e. The van der Waals surface area contributed by atoms with Crippen molar-refractivity contribution in [2.24, 2.45) is 0 Å². The Bertz CT molecular complexity index is 1530. The summed E-state index contributed by atoms with van der Waals surface area (Å²) in [6, 6.07) is 15.4. The topological polar surface area (TPSA) is 89.5 Å². The number of nitrogens with zero attached hydrogens (tertiary/aromatic N) is 4. The average molecular weight is 540 g/mol. The number of pyridine rings is 1. The van der Waals surface area contributed by atoms with Crippen LogP contribution in [-0.2, 0) is 4.74 Å². The van der Waals surface area contributed by atoms with Crippen LogP contribution in [0.4, 0.5) is 20.8 Å². The first-order valence-corrected chi connectivity index (χ1v) is 13.4. The van der Waals surface area contributed by atoms with Crippen LogP contribution in [-0.4, -0.2) is 51.7 Å². The summed E-state index contributed by atoms with van der Waals surface area (Å²) in [5, 5.41) is 3.83. The lowest BCUT2D eigenvalue weighted by Crippen LogP contribution is -2.42. The van der Waals surface area contributed by atoms with Gasteiger partial charge in [0.25, 0.3) is 0 Å². The van der Waals surface area contributed by atoms with Gasteiger partial charge >= 0.3 is 6.09 Å². The van der Waals surface area contributed by atoms with Gasteiger partial charge in [-0.05, 0) is 48.7 Å². The number of aromatic nitrogens is 3. The van der Waals surface area contributed by atoms with E-state index in [1.54, 1.807) is 29.4 Å². The van der Waals surface area contributed by atoms with E-state index in [9.17, 15) is 9.18 Å². The Kier molecular flexibility index (Phi) is 8.66.